The number of aliphatic imine (C=N–C) groups is 1. The third kappa shape index (κ3) is 6.48. The quantitative estimate of drug-likeness (QED) is 0.196. The molecular weight excluding hydrogens is 370 g/mol. The lowest BCUT2D eigenvalue weighted by molar-refractivity contribution is -0.384. The van der Waals surface area contributed by atoms with Crippen molar-refractivity contribution in [3.63, 3.8) is 0 Å². The number of hydrogen-bond acceptors (Lipinski definition) is 5. The van der Waals surface area contributed by atoms with Gasteiger partial charge in [0.1, 0.15) is 0 Å². The molecule has 0 fully saturated rings. The van der Waals surface area contributed by atoms with Crippen molar-refractivity contribution in [3.8, 4) is 0 Å². The summed E-state index contributed by atoms with van der Waals surface area (Å²) in [5.74, 6) is 0.768. The summed E-state index contributed by atoms with van der Waals surface area (Å²) in [5.41, 5.74) is 4.43. The molecule has 0 saturated heterocycles. The summed E-state index contributed by atoms with van der Waals surface area (Å²) in [5, 5.41) is 25.1. The maximum atomic E-state index is 10.7. The lowest BCUT2D eigenvalue weighted by Crippen LogP contribution is -2.43. The molecule has 2 aromatic rings. The van der Waals surface area contributed by atoms with Crippen molar-refractivity contribution in [1.82, 2.24) is 20.4 Å². The molecule has 29 heavy (non-hydrogen) atoms. The van der Waals surface area contributed by atoms with E-state index in [-0.39, 0.29) is 11.7 Å². The van der Waals surface area contributed by atoms with Gasteiger partial charge in [-0.2, -0.15) is 5.10 Å². The monoisotopic (exact) mass is 401 g/mol. The van der Waals surface area contributed by atoms with Crippen LogP contribution < -0.4 is 16.0 Å². The molecule has 0 saturated carbocycles. The lowest BCUT2D eigenvalue weighted by atomic mass is 10.1. The summed E-state index contributed by atoms with van der Waals surface area (Å²) < 4.78 is 1.92. The van der Waals surface area contributed by atoms with Gasteiger partial charge in [0, 0.05) is 49.7 Å². The molecule has 1 aromatic carbocycles. The Kier molecular flexibility index (Phi) is 7.99. The second-order valence-corrected chi connectivity index (χ2v) is 7.01. The first-order chi connectivity index (χ1) is 13.8. The van der Waals surface area contributed by atoms with Crippen molar-refractivity contribution in [2.45, 2.75) is 40.2 Å². The van der Waals surface area contributed by atoms with Crippen molar-refractivity contribution in [2.24, 2.45) is 12.0 Å². The molecule has 0 spiro atoms. The van der Waals surface area contributed by atoms with E-state index in [2.05, 4.69) is 39.9 Å². The van der Waals surface area contributed by atoms with Gasteiger partial charge in [-0.1, -0.05) is 0 Å². The van der Waals surface area contributed by atoms with Crippen LogP contribution in [0.15, 0.2) is 29.3 Å². The standard InChI is InChI=1S/C20H31N7O2/c1-6-21-20(24-14(2)13-19-15(3)25-26(5)16(19)4)23-12-11-22-17-7-9-18(10-8-17)27(28)29/h7-10,14,22H,6,11-13H2,1-5H3,(H2,21,23,24). The van der Waals surface area contributed by atoms with E-state index in [1.54, 1.807) is 12.1 Å². The summed E-state index contributed by atoms with van der Waals surface area (Å²) in [6.07, 6.45) is 0.872. The Balaban J connectivity index is 1.87. The smallest absolute Gasteiger partial charge is 0.269 e. The summed E-state index contributed by atoms with van der Waals surface area (Å²) in [6, 6.07) is 6.58. The van der Waals surface area contributed by atoms with Gasteiger partial charge in [0.25, 0.3) is 5.69 Å². The highest BCUT2D eigenvalue weighted by Crippen LogP contribution is 2.15. The van der Waals surface area contributed by atoms with Crippen molar-refractivity contribution in [2.75, 3.05) is 25.0 Å². The summed E-state index contributed by atoms with van der Waals surface area (Å²) >= 11 is 0. The molecule has 3 N–H and O–H groups in total. The van der Waals surface area contributed by atoms with Crippen molar-refractivity contribution in [1.29, 1.82) is 0 Å². The van der Waals surface area contributed by atoms with Gasteiger partial charge in [-0.05, 0) is 51.8 Å². The molecule has 9 heteroatoms. The van der Waals surface area contributed by atoms with Crippen LogP contribution in [0.2, 0.25) is 0 Å². The third-order valence-electron chi connectivity index (χ3n) is 4.69. The van der Waals surface area contributed by atoms with Crippen molar-refractivity contribution in [3.05, 3.63) is 51.3 Å². The Morgan fingerprint density at radius 1 is 1.31 bits per heavy atom. The molecule has 2 rings (SSSR count). The summed E-state index contributed by atoms with van der Waals surface area (Å²) in [4.78, 5) is 14.9. The van der Waals surface area contributed by atoms with Gasteiger partial charge in [0.2, 0.25) is 0 Å². The second kappa shape index (κ2) is 10.4. The highest BCUT2D eigenvalue weighted by atomic mass is 16.6. The van der Waals surface area contributed by atoms with Crippen LogP contribution in [0.1, 0.15) is 30.8 Å². The van der Waals surface area contributed by atoms with E-state index in [1.165, 1.54) is 23.4 Å². The molecule has 0 radical (unpaired) electrons. The van der Waals surface area contributed by atoms with Crippen LogP contribution in [0.4, 0.5) is 11.4 Å². The van der Waals surface area contributed by atoms with Gasteiger partial charge in [-0.25, -0.2) is 0 Å². The minimum atomic E-state index is -0.405. The predicted molar refractivity (Wildman–Crippen MR) is 117 cm³/mol. The molecule has 0 bridgehead atoms. The molecule has 0 aliphatic heterocycles. The van der Waals surface area contributed by atoms with Gasteiger partial charge >= 0.3 is 0 Å². The average molecular weight is 402 g/mol. The van der Waals surface area contributed by atoms with Crippen LogP contribution >= 0.6 is 0 Å². The van der Waals surface area contributed by atoms with Gasteiger partial charge < -0.3 is 16.0 Å². The van der Waals surface area contributed by atoms with E-state index in [0.29, 0.717) is 13.1 Å². The Labute approximate surface area is 171 Å². The molecule has 158 valence electrons. The fraction of sp³-hybridized carbons (Fsp3) is 0.500. The number of nitrogens with one attached hydrogen (secondary N) is 3. The Bertz CT molecular complexity index is 843. The number of aromatic nitrogens is 2. The number of nitro groups is 1. The molecule has 0 aliphatic carbocycles. The van der Waals surface area contributed by atoms with Gasteiger partial charge in [0.15, 0.2) is 5.96 Å². The number of hydrogen-bond donors (Lipinski definition) is 3. The second-order valence-electron chi connectivity index (χ2n) is 7.01. The van der Waals surface area contributed by atoms with Crippen molar-refractivity contribution < 1.29 is 4.92 Å². The summed E-state index contributed by atoms with van der Waals surface area (Å²) in [6.45, 7) is 10.3. The zero-order valence-electron chi connectivity index (χ0n) is 17.8. The van der Waals surface area contributed by atoms with E-state index < -0.39 is 4.92 Å². The fourth-order valence-electron chi connectivity index (χ4n) is 3.09. The van der Waals surface area contributed by atoms with Crippen LogP contribution in [0.5, 0.6) is 0 Å². The van der Waals surface area contributed by atoms with Crippen LogP contribution in [0.25, 0.3) is 0 Å². The topological polar surface area (TPSA) is 109 Å². The van der Waals surface area contributed by atoms with E-state index in [9.17, 15) is 10.1 Å². The number of nitrogens with zero attached hydrogens (tertiary/aromatic N) is 4. The molecule has 1 atom stereocenters. The van der Waals surface area contributed by atoms with Crippen molar-refractivity contribution >= 4 is 17.3 Å². The van der Waals surface area contributed by atoms with Gasteiger partial charge in [-0.15, -0.1) is 0 Å². The highest BCUT2D eigenvalue weighted by molar-refractivity contribution is 5.80. The number of aryl methyl sites for hydroxylation is 2. The zero-order chi connectivity index (χ0) is 21.4. The number of anilines is 1. The molecule has 0 amide bonds. The number of rotatable bonds is 9. The van der Waals surface area contributed by atoms with Crippen LogP contribution in [-0.4, -0.2) is 46.3 Å². The van der Waals surface area contributed by atoms with Gasteiger partial charge in [-0.3, -0.25) is 19.8 Å². The number of benzene rings is 1. The van der Waals surface area contributed by atoms with E-state index in [4.69, 9.17) is 0 Å². The van der Waals surface area contributed by atoms with E-state index >= 15 is 0 Å². The lowest BCUT2D eigenvalue weighted by Gasteiger charge is -2.18. The molecular formula is C20H31N7O2. The predicted octanol–water partition coefficient (Wildman–Crippen LogP) is 2.54. The van der Waals surface area contributed by atoms with Crippen LogP contribution in [0, 0.1) is 24.0 Å². The first-order valence-electron chi connectivity index (χ1n) is 9.84. The molecule has 1 heterocycles. The highest BCUT2D eigenvalue weighted by Gasteiger charge is 2.14. The number of guanidine groups is 1. The molecule has 1 unspecified atom stereocenters. The molecule has 0 aliphatic rings. The SMILES string of the molecule is CCNC(=NCCNc1ccc([N+](=O)[O-])cc1)NC(C)Cc1c(C)nn(C)c1C. The largest absolute Gasteiger partial charge is 0.383 e. The van der Waals surface area contributed by atoms with Crippen LogP contribution in [-0.2, 0) is 13.5 Å². The molecule has 9 nitrogen and oxygen atoms in total. The molecule has 1 aromatic heterocycles. The summed E-state index contributed by atoms with van der Waals surface area (Å²) in [7, 11) is 1.97. The zero-order valence-corrected chi connectivity index (χ0v) is 17.8. The van der Waals surface area contributed by atoms with E-state index in [1.807, 2.05) is 25.6 Å². The maximum absolute atomic E-state index is 10.7. The maximum Gasteiger partial charge on any atom is 0.269 e. The first-order valence-corrected chi connectivity index (χ1v) is 9.84. The Morgan fingerprint density at radius 2 is 2.00 bits per heavy atom. The van der Waals surface area contributed by atoms with E-state index in [0.717, 1.165) is 30.3 Å². The minimum Gasteiger partial charge on any atom is -0.383 e. The first kappa shape index (κ1) is 22.2. The Hall–Kier alpha value is -3.10. The van der Waals surface area contributed by atoms with Gasteiger partial charge in [0.05, 0.1) is 17.2 Å². The minimum absolute atomic E-state index is 0.0836. The van der Waals surface area contributed by atoms with Crippen LogP contribution in [0.3, 0.4) is 0 Å². The average Bonchev–Trinajstić information content (AvgIpc) is 2.91. The number of non-ortho nitro benzene ring substituents is 1. The fourth-order valence-corrected chi connectivity index (χ4v) is 3.09. The third-order valence-corrected chi connectivity index (χ3v) is 4.69. The normalized spacial score (nSPS) is 12.5. The number of nitro benzene ring substituents is 1. The Morgan fingerprint density at radius 3 is 2.55 bits per heavy atom.